The van der Waals surface area contributed by atoms with Gasteiger partial charge in [0.15, 0.2) is 0 Å². The molecule has 0 aromatic heterocycles. The first-order valence-corrected chi connectivity index (χ1v) is 11.1. The van der Waals surface area contributed by atoms with Crippen molar-refractivity contribution in [3.05, 3.63) is 89.5 Å². The van der Waals surface area contributed by atoms with Gasteiger partial charge in [0.1, 0.15) is 18.4 Å². The van der Waals surface area contributed by atoms with E-state index in [1.165, 1.54) is 0 Å². The number of carbonyl (C=O) groups excluding carboxylic acids is 1. The molecule has 1 amide bonds. The molecule has 1 atom stereocenters. The minimum atomic E-state index is -1.09. The summed E-state index contributed by atoms with van der Waals surface area (Å²) < 4.78 is 10.9. The summed E-state index contributed by atoms with van der Waals surface area (Å²) in [5, 5.41) is 12.1. The molecule has 1 unspecified atom stereocenters. The zero-order chi connectivity index (χ0) is 23.2. The average Bonchev–Trinajstić information content (AvgIpc) is 3.15. The van der Waals surface area contributed by atoms with Crippen molar-refractivity contribution in [2.75, 3.05) is 13.2 Å². The van der Waals surface area contributed by atoms with E-state index in [4.69, 9.17) is 9.47 Å². The molecule has 0 spiro atoms. The van der Waals surface area contributed by atoms with Crippen molar-refractivity contribution >= 4 is 12.1 Å². The molecule has 170 valence electrons. The Morgan fingerprint density at radius 2 is 1.55 bits per heavy atom. The van der Waals surface area contributed by atoms with E-state index < -0.39 is 18.1 Å². The lowest BCUT2D eigenvalue weighted by Gasteiger charge is -2.17. The molecule has 3 aromatic rings. The van der Waals surface area contributed by atoms with Crippen LogP contribution in [0.1, 0.15) is 36.0 Å². The molecule has 4 rings (SSSR count). The number of aliphatic carboxylic acids is 1. The fourth-order valence-electron chi connectivity index (χ4n) is 4.27. The molecule has 2 N–H and O–H groups in total. The molecule has 0 aliphatic heterocycles. The fourth-order valence-corrected chi connectivity index (χ4v) is 4.27. The highest BCUT2D eigenvalue weighted by Crippen LogP contribution is 2.44. The third kappa shape index (κ3) is 5.17. The van der Waals surface area contributed by atoms with Crippen molar-refractivity contribution < 1.29 is 24.2 Å². The van der Waals surface area contributed by atoms with Crippen LogP contribution >= 0.6 is 0 Å². The largest absolute Gasteiger partial charge is 0.494 e. The zero-order valence-electron chi connectivity index (χ0n) is 18.5. The Labute approximate surface area is 193 Å². The number of carbonyl (C=O) groups is 2. The third-order valence-corrected chi connectivity index (χ3v) is 5.89. The van der Waals surface area contributed by atoms with Crippen LogP contribution in [-0.2, 0) is 16.0 Å². The van der Waals surface area contributed by atoms with Gasteiger partial charge in [0, 0.05) is 5.92 Å². The summed E-state index contributed by atoms with van der Waals surface area (Å²) in [6.07, 6.45) is 0.0385. The van der Waals surface area contributed by atoms with E-state index in [2.05, 4.69) is 17.4 Å². The van der Waals surface area contributed by atoms with Crippen LogP contribution in [0, 0.1) is 0 Å². The SMILES string of the molecule is CCOc1ccc(CCC(NC(=O)OCC2c3ccccc3-c3ccccc32)C(=O)O)cc1. The number of carboxylic acid groups (broad SMARTS) is 1. The van der Waals surface area contributed by atoms with Crippen molar-refractivity contribution in [2.45, 2.75) is 31.7 Å². The van der Waals surface area contributed by atoms with Gasteiger partial charge in [-0.25, -0.2) is 9.59 Å². The van der Waals surface area contributed by atoms with Crippen molar-refractivity contribution in [2.24, 2.45) is 0 Å². The lowest BCUT2D eigenvalue weighted by molar-refractivity contribution is -0.139. The number of fused-ring (bicyclic) bond motifs is 3. The van der Waals surface area contributed by atoms with Gasteiger partial charge in [0.05, 0.1) is 6.61 Å². The van der Waals surface area contributed by atoms with Gasteiger partial charge in [-0.15, -0.1) is 0 Å². The molecule has 0 bridgehead atoms. The van der Waals surface area contributed by atoms with Crippen LogP contribution in [0.25, 0.3) is 11.1 Å². The maximum Gasteiger partial charge on any atom is 0.407 e. The molecule has 0 heterocycles. The number of ether oxygens (including phenoxy) is 2. The molecular formula is C27H27NO5. The van der Waals surface area contributed by atoms with Crippen molar-refractivity contribution in [3.8, 4) is 16.9 Å². The average molecular weight is 446 g/mol. The lowest BCUT2D eigenvalue weighted by Crippen LogP contribution is -2.41. The molecule has 3 aromatic carbocycles. The Hall–Kier alpha value is -3.80. The van der Waals surface area contributed by atoms with Crippen LogP contribution in [-0.4, -0.2) is 36.4 Å². The minimum absolute atomic E-state index is 0.0738. The summed E-state index contributed by atoms with van der Waals surface area (Å²) in [6.45, 7) is 2.65. The monoisotopic (exact) mass is 445 g/mol. The van der Waals surface area contributed by atoms with Crippen LogP contribution < -0.4 is 10.1 Å². The van der Waals surface area contributed by atoms with Gasteiger partial charge in [-0.2, -0.15) is 0 Å². The molecule has 6 heteroatoms. The second-order valence-corrected chi connectivity index (χ2v) is 7.98. The molecular weight excluding hydrogens is 418 g/mol. The maximum atomic E-state index is 12.5. The Morgan fingerprint density at radius 1 is 0.939 bits per heavy atom. The number of hydrogen-bond acceptors (Lipinski definition) is 4. The van der Waals surface area contributed by atoms with Gasteiger partial charge < -0.3 is 19.9 Å². The van der Waals surface area contributed by atoms with Gasteiger partial charge in [-0.1, -0.05) is 60.7 Å². The Balaban J connectivity index is 1.34. The fraction of sp³-hybridized carbons (Fsp3) is 0.259. The van der Waals surface area contributed by atoms with E-state index in [-0.39, 0.29) is 18.9 Å². The molecule has 33 heavy (non-hydrogen) atoms. The van der Waals surface area contributed by atoms with Gasteiger partial charge in [-0.3, -0.25) is 0 Å². The predicted molar refractivity (Wildman–Crippen MR) is 126 cm³/mol. The normalized spacial score (nSPS) is 13.0. The standard InChI is InChI=1S/C27H27NO5/c1-2-32-19-14-11-18(12-15-19)13-16-25(26(29)30)28-27(31)33-17-24-22-9-5-3-7-20(22)21-8-4-6-10-23(21)24/h3-12,14-15,24-25H,2,13,16-17H2,1H3,(H,28,31)(H,29,30). The smallest absolute Gasteiger partial charge is 0.407 e. The predicted octanol–water partition coefficient (Wildman–Crippen LogP) is 5.01. The summed E-state index contributed by atoms with van der Waals surface area (Å²) in [5.74, 6) is -0.391. The molecule has 1 aliphatic rings. The van der Waals surface area contributed by atoms with Gasteiger partial charge in [0.2, 0.25) is 0 Å². The first-order chi connectivity index (χ1) is 16.1. The van der Waals surface area contributed by atoms with Crippen LogP contribution in [0.2, 0.25) is 0 Å². The number of nitrogens with one attached hydrogen (secondary N) is 1. The van der Waals surface area contributed by atoms with Crippen LogP contribution in [0.15, 0.2) is 72.8 Å². The molecule has 0 radical (unpaired) electrons. The first kappa shape index (κ1) is 22.4. The van der Waals surface area contributed by atoms with Crippen LogP contribution in [0.3, 0.4) is 0 Å². The second kappa shape index (κ2) is 10.2. The summed E-state index contributed by atoms with van der Waals surface area (Å²) >= 11 is 0. The third-order valence-electron chi connectivity index (χ3n) is 5.89. The summed E-state index contributed by atoms with van der Waals surface area (Å²) in [6, 6.07) is 22.6. The molecule has 6 nitrogen and oxygen atoms in total. The maximum absolute atomic E-state index is 12.5. The van der Waals surface area contributed by atoms with E-state index in [0.29, 0.717) is 13.0 Å². The number of alkyl carbamates (subject to hydrolysis) is 1. The first-order valence-electron chi connectivity index (χ1n) is 11.1. The number of rotatable bonds is 9. The number of benzene rings is 3. The van der Waals surface area contributed by atoms with Gasteiger partial charge in [-0.05, 0) is 59.7 Å². The second-order valence-electron chi connectivity index (χ2n) is 7.98. The number of aryl methyl sites for hydroxylation is 1. The summed E-state index contributed by atoms with van der Waals surface area (Å²) in [7, 11) is 0. The van der Waals surface area contributed by atoms with Crippen LogP contribution in [0.4, 0.5) is 4.79 Å². The quantitative estimate of drug-likeness (QED) is 0.484. The van der Waals surface area contributed by atoms with E-state index in [0.717, 1.165) is 33.6 Å². The van der Waals surface area contributed by atoms with Crippen molar-refractivity contribution in [1.29, 1.82) is 0 Å². The van der Waals surface area contributed by atoms with E-state index in [1.54, 1.807) is 0 Å². The van der Waals surface area contributed by atoms with Crippen molar-refractivity contribution in [1.82, 2.24) is 5.32 Å². The summed E-state index contributed by atoms with van der Waals surface area (Å²) in [5.41, 5.74) is 5.47. The van der Waals surface area contributed by atoms with E-state index in [9.17, 15) is 14.7 Å². The zero-order valence-corrected chi connectivity index (χ0v) is 18.5. The number of amides is 1. The van der Waals surface area contributed by atoms with E-state index >= 15 is 0 Å². The molecule has 0 saturated heterocycles. The van der Waals surface area contributed by atoms with Crippen molar-refractivity contribution in [3.63, 3.8) is 0 Å². The number of hydrogen-bond donors (Lipinski definition) is 2. The van der Waals surface area contributed by atoms with Gasteiger partial charge >= 0.3 is 12.1 Å². The Bertz CT molecular complexity index is 1080. The topological polar surface area (TPSA) is 84.9 Å². The number of carboxylic acids is 1. The highest BCUT2D eigenvalue weighted by molar-refractivity contribution is 5.81. The Morgan fingerprint density at radius 3 is 2.12 bits per heavy atom. The highest BCUT2D eigenvalue weighted by Gasteiger charge is 2.29. The van der Waals surface area contributed by atoms with E-state index in [1.807, 2.05) is 67.6 Å². The Kier molecular flexibility index (Phi) is 6.93. The minimum Gasteiger partial charge on any atom is -0.494 e. The van der Waals surface area contributed by atoms with Crippen LogP contribution in [0.5, 0.6) is 5.75 Å². The molecule has 0 saturated carbocycles. The molecule has 1 aliphatic carbocycles. The lowest BCUT2D eigenvalue weighted by atomic mass is 9.98. The summed E-state index contributed by atoms with van der Waals surface area (Å²) in [4.78, 5) is 24.1. The highest BCUT2D eigenvalue weighted by atomic mass is 16.5. The van der Waals surface area contributed by atoms with Gasteiger partial charge in [0.25, 0.3) is 0 Å². The molecule has 0 fully saturated rings.